The number of rotatable bonds is 5. The van der Waals surface area contributed by atoms with Gasteiger partial charge in [-0.05, 0) is 12.8 Å². The van der Waals surface area contributed by atoms with E-state index in [2.05, 4.69) is 0 Å². The van der Waals surface area contributed by atoms with E-state index < -0.39 is 6.03 Å². The van der Waals surface area contributed by atoms with Crippen molar-refractivity contribution in [1.82, 2.24) is 10.2 Å². The molecule has 0 bridgehead atoms. The standard InChI is InChI=1S/C10H19N3O4/c11-10(16)12-9(15)7-13-3-1-8(2-4-13)17-6-5-14/h8,14H,1-7H2,(H3,11,12,15,16). The second-order valence-corrected chi connectivity index (χ2v) is 3.98. The zero-order chi connectivity index (χ0) is 12.7. The van der Waals surface area contributed by atoms with Gasteiger partial charge in [-0.25, -0.2) is 4.79 Å². The van der Waals surface area contributed by atoms with Crippen LogP contribution in [-0.2, 0) is 9.53 Å². The van der Waals surface area contributed by atoms with Crippen molar-refractivity contribution in [2.24, 2.45) is 5.73 Å². The predicted octanol–water partition coefficient (Wildman–Crippen LogP) is -1.35. The lowest BCUT2D eigenvalue weighted by atomic mass is 10.1. The molecule has 0 aromatic heterocycles. The highest BCUT2D eigenvalue weighted by Crippen LogP contribution is 2.12. The Bertz CT molecular complexity index is 264. The Morgan fingerprint density at radius 1 is 1.41 bits per heavy atom. The number of ether oxygens (including phenoxy) is 1. The molecule has 1 aliphatic rings. The van der Waals surface area contributed by atoms with Crippen molar-refractivity contribution >= 4 is 11.9 Å². The van der Waals surface area contributed by atoms with Crippen molar-refractivity contribution in [3.63, 3.8) is 0 Å². The van der Waals surface area contributed by atoms with Crippen molar-refractivity contribution in [3.8, 4) is 0 Å². The highest BCUT2D eigenvalue weighted by atomic mass is 16.5. The number of carbonyl (C=O) groups is 2. The van der Waals surface area contributed by atoms with Crippen LogP contribution in [-0.4, -0.2) is 60.9 Å². The minimum Gasteiger partial charge on any atom is -0.394 e. The van der Waals surface area contributed by atoms with E-state index in [4.69, 9.17) is 15.6 Å². The molecule has 0 aliphatic carbocycles. The highest BCUT2D eigenvalue weighted by molar-refractivity contribution is 5.94. The molecular weight excluding hydrogens is 226 g/mol. The molecule has 0 aromatic carbocycles. The van der Waals surface area contributed by atoms with Gasteiger partial charge in [-0.1, -0.05) is 0 Å². The first-order valence-electron chi connectivity index (χ1n) is 5.66. The topological polar surface area (TPSA) is 105 Å². The van der Waals surface area contributed by atoms with Gasteiger partial charge in [0.05, 0.1) is 25.9 Å². The summed E-state index contributed by atoms with van der Waals surface area (Å²) in [5.74, 6) is -0.382. The van der Waals surface area contributed by atoms with E-state index in [-0.39, 0.29) is 25.2 Å². The van der Waals surface area contributed by atoms with Crippen LogP contribution < -0.4 is 11.1 Å². The molecule has 1 fully saturated rings. The minimum atomic E-state index is -0.823. The number of piperidine rings is 1. The number of aliphatic hydroxyl groups excluding tert-OH is 1. The first kappa shape index (κ1) is 13.9. The quantitative estimate of drug-likeness (QED) is 0.555. The Labute approximate surface area is 99.9 Å². The normalized spacial score (nSPS) is 17.9. The zero-order valence-corrected chi connectivity index (χ0v) is 9.72. The average Bonchev–Trinajstić information content (AvgIpc) is 2.27. The van der Waals surface area contributed by atoms with Gasteiger partial charge >= 0.3 is 6.03 Å². The van der Waals surface area contributed by atoms with Crippen LogP contribution >= 0.6 is 0 Å². The summed E-state index contributed by atoms with van der Waals surface area (Å²) < 4.78 is 5.40. The van der Waals surface area contributed by atoms with E-state index in [0.717, 1.165) is 25.9 Å². The molecule has 1 aliphatic heterocycles. The largest absolute Gasteiger partial charge is 0.394 e. The molecule has 7 heteroatoms. The monoisotopic (exact) mass is 245 g/mol. The molecule has 1 heterocycles. The number of nitrogens with zero attached hydrogens (tertiary/aromatic N) is 1. The predicted molar refractivity (Wildman–Crippen MR) is 60.2 cm³/mol. The van der Waals surface area contributed by atoms with Gasteiger partial charge in [-0.2, -0.15) is 0 Å². The molecular formula is C10H19N3O4. The lowest BCUT2D eigenvalue weighted by molar-refractivity contribution is -0.121. The fraction of sp³-hybridized carbons (Fsp3) is 0.800. The van der Waals surface area contributed by atoms with Crippen LogP contribution in [0.3, 0.4) is 0 Å². The molecule has 0 unspecified atom stereocenters. The van der Waals surface area contributed by atoms with Crippen LogP contribution in [0.25, 0.3) is 0 Å². The fourth-order valence-corrected chi connectivity index (χ4v) is 1.83. The number of hydrogen-bond acceptors (Lipinski definition) is 5. The highest BCUT2D eigenvalue weighted by Gasteiger charge is 2.21. The SMILES string of the molecule is NC(=O)NC(=O)CN1CCC(OCCO)CC1. The van der Waals surface area contributed by atoms with E-state index in [1.54, 1.807) is 0 Å². The average molecular weight is 245 g/mol. The van der Waals surface area contributed by atoms with Gasteiger partial charge in [0.2, 0.25) is 5.91 Å². The summed E-state index contributed by atoms with van der Waals surface area (Å²) in [5.41, 5.74) is 4.84. The summed E-state index contributed by atoms with van der Waals surface area (Å²) in [6.45, 7) is 2.04. The zero-order valence-electron chi connectivity index (χ0n) is 9.72. The molecule has 0 spiro atoms. The van der Waals surface area contributed by atoms with Crippen molar-refractivity contribution < 1.29 is 19.4 Å². The Morgan fingerprint density at radius 3 is 2.59 bits per heavy atom. The molecule has 0 radical (unpaired) electrons. The third kappa shape index (κ3) is 5.62. The van der Waals surface area contributed by atoms with Gasteiger partial charge in [0.15, 0.2) is 0 Å². The Hall–Kier alpha value is -1.18. The Balaban J connectivity index is 2.18. The molecule has 0 atom stereocenters. The van der Waals surface area contributed by atoms with Crippen molar-refractivity contribution in [2.45, 2.75) is 18.9 Å². The Morgan fingerprint density at radius 2 is 2.06 bits per heavy atom. The van der Waals surface area contributed by atoms with Crippen LogP contribution in [0.2, 0.25) is 0 Å². The fourth-order valence-electron chi connectivity index (χ4n) is 1.83. The summed E-state index contributed by atoms with van der Waals surface area (Å²) in [7, 11) is 0. The molecule has 4 N–H and O–H groups in total. The number of hydrogen-bond donors (Lipinski definition) is 3. The number of aliphatic hydroxyl groups is 1. The van der Waals surface area contributed by atoms with Crippen molar-refractivity contribution in [2.75, 3.05) is 32.8 Å². The maximum atomic E-state index is 11.3. The molecule has 7 nitrogen and oxygen atoms in total. The number of nitrogens with two attached hydrogens (primary N) is 1. The van der Waals surface area contributed by atoms with Gasteiger partial charge in [0.25, 0.3) is 0 Å². The third-order valence-electron chi connectivity index (χ3n) is 2.61. The second kappa shape index (κ2) is 7.21. The Kier molecular flexibility index (Phi) is 5.88. The van der Waals surface area contributed by atoms with Gasteiger partial charge in [-0.15, -0.1) is 0 Å². The number of likely N-dealkylation sites (tertiary alicyclic amines) is 1. The summed E-state index contributed by atoms with van der Waals surface area (Å²) in [5, 5.41) is 10.6. The number of imide groups is 1. The van der Waals surface area contributed by atoms with E-state index in [1.165, 1.54) is 0 Å². The second-order valence-electron chi connectivity index (χ2n) is 3.98. The molecule has 1 rings (SSSR count). The maximum absolute atomic E-state index is 11.3. The first-order valence-corrected chi connectivity index (χ1v) is 5.66. The van der Waals surface area contributed by atoms with Crippen LogP contribution in [0, 0.1) is 0 Å². The molecule has 0 aromatic rings. The van der Waals surface area contributed by atoms with Crippen LogP contribution in [0.4, 0.5) is 4.79 Å². The molecule has 1 saturated heterocycles. The maximum Gasteiger partial charge on any atom is 0.318 e. The van der Waals surface area contributed by atoms with E-state index in [9.17, 15) is 9.59 Å². The number of primary amides is 1. The number of amides is 3. The van der Waals surface area contributed by atoms with Gasteiger partial charge in [0, 0.05) is 13.1 Å². The first-order chi connectivity index (χ1) is 8.11. The number of nitrogens with one attached hydrogen (secondary N) is 1. The van der Waals surface area contributed by atoms with E-state index >= 15 is 0 Å². The lowest BCUT2D eigenvalue weighted by Crippen LogP contribution is -2.45. The smallest absolute Gasteiger partial charge is 0.318 e. The summed E-state index contributed by atoms with van der Waals surface area (Å²) in [4.78, 5) is 23.6. The summed E-state index contributed by atoms with van der Waals surface area (Å²) >= 11 is 0. The lowest BCUT2D eigenvalue weighted by Gasteiger charge is -2.31. The number of carbonyl (C=O) groups excluding carboxylic acids is 2. The van der Waals surface area contributed by atoms with Crippen LogP contribution in [0.5, 0.6) is 0 Å². The molecule has 0 saturated carbocycles. The van der Waals surface area contributed by atoms with E-state index in [0.29, 0.717) is 6.61 Å². The minimum absolute atomic E-state index is 0.0290. The molecule has 17 heavy (non-hydrogen) atoms. The summed E-state index contributed by atoms with van der Waals surface area (Å²) in [6.07, 6.45) is 1.80. The van der Waals surface area contributed by atoms with Gasteiger partial charge in [-0.3, -0.25) is 15.0 Å². The van der Waals surface area contributed by atoms with Crippen molar-refractivity contribution in [3.05, 3.63) is 0 Å². The van der Waals surface area contributed by atoms with E-state index in [1.807, 2.05) is 10.2 Å². The van der Waals surface area contributed by atoms with Crippen LogP contribution in [0.1, 0.15) is 12.8 Å². The molecule has 98 valence electrons. The van der Waals surface area contributed by atoms with Crippen LogP contribution in [0.15, 0.2) is 0 Å². The van der Waals surface area contributed by atoms with Gasteiger partial charge < -0.3 is 15.6 Å². The van der Waals surface area contributed by atoms with Crippen molar-refractivity contribution in [1.29, 1.82) is 0 Å². The number of urea groups is 1. The molecule has 3 amide bonds. The van der Waals surface area contributed by atoms with Gasteiger partial charge in [0.1, 0.15) is 0 Å². The third-order valence-corrected chi connectivity index (χ3v) is 2.61. The summed E-state index contributed by atoms with van der Waals surface area (Å²) in [6, 6.07) is -0.823.